The molecule has 0 bridgehead atoms. The van der Waals surface area contributed by atoms with Crippen LogP contribution in [0.4, 0.5) is 4.39 Å². The van der Waals surface area contributed by atoms with Crippen LogP contribution in [-0.4, -0.2) is 20.7 Å². The van der Waals surface area contributed by atoms with Crippen molar-refractivity contribution >= 4 is 28.6 Å². The van der Waals surface area contributed by atoms with Gasteiger partial charge in [0.15, 0.2) is 5.16 Å². The molecule has 7 heteroatoms. The number of aromatic nitrogens is 2. The smallest absolute Gasteiger partial charge is 0.262 e. The molecule has 1 N–H and O–H groups in total. The van der Waals surface area contributed by atoms with E-state index in [9.17, 15) is 14.0 Å². The van der Waals surface area contributed by atoms with Crippen LogP contribution in [0.1, 0.15) is 38.8 Å². The van der Waals surface area contributed by atoms with Gasteiger partial charge < -0.3 is 5.32 Å². The predicted octanol–water partition coefficient (Wildman–Crippen LogP) is 4.30. The van der Waals surface area contributed by atoms with Crippen LogP contribution >= 0.6 is 11.8 Å². The topological polar surface area (TPSA) is 64.0 Å². The van der Waals surface area contributed by atoms with Crippen molar-refractivity contribution in [3.63, 3.8) is 0 Å². The Morgan fingerprint density at radius 1 is 1.17 bits per heavy atom. The van der Waals surface area contributed by atoms with Crippen molar-refractivity contribution in [2.24, 2.45) is 0 Å². The van der Waals surface area contributed by atoms with Crippen molar-refractivity contribution in [3.05, 3.63) is 70.3 Å². The molecule has 0 aliphatic carbocycles. The molecular formula is C22H24FN3O2S. The summed E-state index contributed by atoms with van der Waals surface area (Å²) in [6.45, 7) is 6.08. The molecule has 0 aliphatic rings. The number of thioether (sulfide) groups is 1. The van der Waals surface area contributed by atoms with Gasteiger partial charge >= 0.3 is 0 Å². The maximum Gasteiger partial charge on any atom is 0.262 e. The quantitative estimate of drug-likeness (QED) is 0.463. The van der Waals surface area contributed by atoms with Crippen molar-refractivity contribution in [2.45, 2.75) is 50.2 Å². The first kappa shape index (κ1) is 21.0. The van der Waals surface area contributed by atoms with Crippen molar-refractivity contribution in [2.75, 3.05) is 0 Å². The molecule has 2 atom stereocenters. The monoisotopic (exact) mass is 413 g/mol. The number of para-hydroxylation sites is 1. The standard InChI is InChI=1S/C22H24FN3O2S/c1-4-14(2)26-21(28)18-7-5-6-8-19(18)25-22(26)29-15(3)20(27)24-13-16-9-11-17(23)12-10-16/h5-12,14-15H,4,13H2,1-3H3,(H,24,27)/t14-,15-/m1/s1. The van der Waals surface area contributed by atoms with Gasteiger partial charge in [-0.05, 0) is 50.1 Å². The average molecular weight is 414 g/mol. The summed E-state index contributed by atoms with van der Waals surface area (Å²) in [4.78, 5) is 30.2. The molecule has 0 spiro atoms. The molecule has 1 amide bonds. The molecule has 0 saturated carbocycles. The minimum absolute atomic E-state index is 0.0309. The second kappa shape index (κ2) is 9.22. The van der Waals surface area contributed by atoms with Crippen LogP contribution in [0.3, 0.4) is 0 Å². The largest absolute Gasteiger partial charge is 0.351 e. The summed E-state index contributed by atoms with van der Waals surface area (Å²) in [7, 11) is 0. The summed E-state index contributed by atoms with van der Waals surface area (Å²) in [5, 5.41) is 3.52. The molecule has 5 nitrogen and oxygen atoms in total. The zero-order valence-electron chi connectivity index (χ0n) is 16.7. The van der Waals surface area contributed by atoms with Crippen molar-refractivity contribution in [1.82, 2.24) is 14.9 Å². The van der Waals surface area contributed by atoms with Gasteiger partial charge in [-0.25, -0.2) is 9.37 Å². The van der Waals surface area contributed by atoms with Crippen LogP contribution in [0, 0.1) is 5.82 Å². The Morgan fingerprint density at radius 2 is 1.86 bits per heavy atom. The van der Waals surface area contributed by atoms with E-state index in [4.69, 9.17) is 0 Å². The SMILES string of the molecule is CC[C@@H](C)n1c(S[C@H](C)C(=O)NCc2ccc(F)cc2)nc2ccccc2c1=O. The summed E-state index contributed by atoms with van der Waals surface area (Å²) in [5.41, 5.74) is 1.35. The predicted molar refractivity (Wildman–Crippen MR) is 115 cm³/mol. The maximum absolute atomic E-state index is 13.0. The molecule has 3 aromatic rings. The van der Waals surface area contributed by atoms with Gasteiger partial charge in [0.25, 0.3) is 5.56 Å². The molecule has 0 radical (unpaired) electrons. The van der Waals surface area contributed by atoms with E-state index in [2.05, 4.69) is 10.3 Å². The number of carbonyl (C=O) groups excluding carboxylic acids is 1. The third-order valence-corrected chi connectivity index (χ3v) is 5.90. The summed E-state index contributed by atoms with van der Waals surface area (Å²) in [6, 6.07) is 13.2. The molecule has 0 fully saturated rings. The van der Waals surface area contributed by atoms with Crippen LogP contribution in [0.5, 0.6) is 0 Å². The highest BCUT2D eigenvalue weighted by Crippen LogP contribution is 2.26. The van der Waals surface area contributed by atoms with Crippen molar-refractivity contribution in [3.8, 4) is 0 Å². The molecule has 2 aromatic carbocycles. The van der Waals surface area contributed by atoms with Gasteiger partial charge in [-0.1, -0.05) is 43.0 Å². The first-order chi connectivity index (χ1) is 13.9. The maximum atomic E-state index is 13.0. The number of rotatable bonds is 7. The summed E-state index contributed by atoms with van der Waals surface area (Å²) < 4.78 is 14.7. The van der Waals surface area contributed by atoms with Crippen LogP contribution in [0.2, 0.25) is 0 Å². The Bertz CT molecular complexity index is 1070. The number of hydrogen-bond donors (Lipinski definition) is 1. The van der Waals surface area contributed by atoms with E-state index in [1.807, 2.05) is 26.0 Å². The molecule has 152 valence electrons. The molecule has 29 heavy (non-hydrogen) atoms. The van der Waals surface area contributed by atoms with E-state index >= 15 is 0 Å². The zero-order chi connectivity index (χ0) is 21.0. The molecule has 0 aliphatic heterocycles. The lowest BCUT2D eigenvalue weighted by Gasteiger charge is -2.20. The van der Waals surface area contributed by atoms with E-state index in [-0.39, 0.29) is 23.3 Å². The Balaban J connectivity index is 1.81. The number of nitrogens with zero attached hydrogens (tertiary/aromatic N) is 2. The number of hydrogen-bond acceptors (Lipinski definition) is 4. The number of carbonyl (C=O) groups is 1. The summed E-state index contributed by atoms with van der Waals surface area (Å²) in [6.07, 6.45) is 0.776. The van der Waals surface area contributed by atoms with Crippen LogP contribution in [0.25, 0.3) is 10.9 Å². The fourth-order valence-electron chi connectivity index (χ4n) is 2.93. The lowest BCUT2D eigenvalue weighted by atomic mass is 10.2. The van der Waals surface area contributed by atoms with E-state index < -0.39 is 5.25 Å². The summed E-state index contributed by atoms with van der Waals surface area (Å²) in [5.74, 6) is -0.480. The number of halogens is 1. The molecule has 3 rings (SSSR count). The van der Waals surface area contributed by atoms with E-state index in [0.29, 0.717) is 22.6 Å². The molecule has 1 heterocycles. The minimum Gasteiger partial charge on any atom is -0.351 e. The second-order valence-electron chi connectivity index (χ2n) is 6.95. The average Bonchev–Trinajstić information content (AvgIpc) is 2.72. The van der Waals surface area contributed by atoms with Gasteiger partial charge in [-0.2, -0.15) is 0 Å². The van der Waals surface area contributed by atoms with Crippen molar-refractivity contribution < 1.29 is 9.18 Å². The molecular weight excluding hydrogens is 389 g/mol. The second-order valence-corrected chi connectivity index (χ2v) is 8.26. The first-order valence-corrected chi connectivity index (χ1v) is 10.5. The fourth-order valence-corrected chi connectivity index (χ4v) is 3.96. The fraction of sp³-hybridized carbons (Fsp3) is 0.318. The Kier molecular flexibility index (Phi) is 6.69. The molecule has 1 aromatic heterocycles. The summed E-state index contributed by atoms with van der Waals surface area (Å²) >= 11 is 1.27. The van der Waals surface area contributed by atoms with Gasteiger partial charge in [0, 0.05) is 12.6 Å². The Labute approximate surface area is 173 Å². The lowest BCUT2D eigenvalue weighted by molar-refractivity contribution is -0.120. The van der Waals surface area contributed by atoms with Gasteiger partial charge in [-0.15, -0.1) is 0 Å². The van der Waals surface area contributed by atoms with E-state index in [1.54, 1.807) is 35.8 Å². The highest BCUT2D eigenvalue weighted by Gasteiger charge is 2.21. The van der Waals surface area contributed by atoms with Gasteiger partial charge in [0.05, 0.1) is 16.2 Å². The third-order valence-electron chi connectivity index (χ3n) is 4.84. The minimum atomic E-state index is -0.446. The van der Waals surface area contributed by atoms with Gasteiger partial charge in [0.1, 0.15) is 5.82 Å². The highest BCUT2D eigenvalue weighted by molar-refractivity contribution is 8.00. The van der Waals surface area contributed by atoms with Gasteiger partial charge in [-0.3, -0.25) is 14.2 Å². The third kappa shape index (κ3) is 4.85. The van der Waals surface area contributed by atoms with Crippen LogP contribution < -0.4 is 10.9 Å². The zero-order valence-corrected chi connectivity index (χ0v) is 17.5. The lowest BCUT2D eigenvalue weighted by Crippen LogP contribution is -2.32. The van der Waals surface area contributed by atoms with Crippen LogP contribution in [-0.2, 0) is 11.3 Å². The number of amides is 1. The number of nitrogens with one attached hydrogen (secondary N) is 1. The number of benzene rings is 2. The normalized spacial score (nSPS) is 13.2. The van der Waals surface area contributed by atoms with Crippen LogP contribution in [0.15, 0.2) is 58.5 Å². The Hall–Kier alpha value is -2.67. The highest BCUT2D eigenvalue weighted by atomic mass is 32.2. The molecule has 0 saturated heterocycles. The van der Waals surface area contributed by atoms with E-state index in [0.717, 1.165) is 12.0 Å². The Morgan fingerprint density at radius 3 is 2.55 bits per heavy atom. The first-order valence-electron chi connectivity index (χ1n) is 9.60. The van der Waals surface area contributed by atoms with Gasteiger partial charge in [0.2, 0.25) is 5.91 Å². The number of fused-ring (bicyclic) bond motifs is 1. The van der Waals surface area contributed by atoms with Crippen molar-refractivity contribution in [1.29, 1.82) is 0 Å². The van der Waals surface area contributed by atoms with E-state index in [1.165, 1.54) is 23.9 Å². The molecule has 0 unspecified atom stereocenters.